The van der Waals surface area contributed by atoms with Crippen molar-refractivity contribution in [1.82, 2.24) is 14.5 Å². The first-order chi connectivity index (χ1) is 10.6. The molecule has 1 aliphatic heterocycles. The second kappa shape index (κ2) is 5.91. The number of aryl methyl sites for hydroxylation is 1. The molecule has 1 amide bonds. The molecule has 1 atom stereocenters. The van der Waals surface area contributed by atoms with Crippen molar-refractivity contribution in [2.45, 2.75) is 45.7 Å². The van der Waals surface area contributed by atoms with Gasteiger partial charge in [0, 0.05) is 12.6 Å². The average molecular weight is 299 g/mol. The van der Waals surface area contributed by atoms with Gasteiger partial charge in [0.1, 0.15) is 12.4 Å². The molecule has 0 unspecified atom stereocenters. The highest BCUT2D eigenvalue weighted by molar-refractivity contribution is 5.79. The molecule has 3 rings (SSSR count). The van der Waals surface area contributed by atoms with E-state index in [9.17, 15) is 9.59 Å². The van der Waals surface area contributed by atoms with Crippen LogP contribution in [0.15, 0.2) is 29.1 Å². The number of piperidine rings is 1. The molecule has 116 valence electrons. The van der Waals surface area contributed by atoms with Gasteiger partial charge in [0.15, 0.2) is 0 Å². The van der Waals surface area contributed by atoms with Crippen molar-refractivity contribution in [3.63, 3.8) is 0 Å². The summed E-state index contributed by atoms with van der Waals surface area (Å²) in [5.74, 6) is 0.594. The summed E-state index contributed by atoms with van der Waals surface area (Å²) in [7, 11) is 0. The van der Waals surface area contributed by atoms with E-state index in [1.54, 1.807) is 13.0 Å². The van der Waals surface area contributed by atoms with Crippen molar-refractivity contribution >= 4 is 16.8 Å². The smallest absolute Gasteiger partial charge is 0.261 e. The predicted octanol–water partition coefficient (Wildman–Crippen LogP) is 2.11. The van der Waals surface area contributed by atoms with E-state index in [4.69, 9.17) is 0 Å². The molecule has 2 aromatic rings. The molecule has 0 spiro atoms. The van der Waals surface area contributed by atoms with Gasteiger partial charge in [-0.2, -0.15) is 0 Å². The predicted molar refractivity (Wildman–Crippen MR) is 85.8 cm³/mol. The van der Waals surface area contributed by atoms with Gasteiger partial charge in [-0.3, -0.25) is 14.2 Å². The normalized spacial score (nSPS) is 18.6. The summed E-state index contributed by atoms with van der Waals surface area (Å²) in [6, 6.07) is 7.52. The lowest BCUT2D eigenvalue weighted by Crippen LogP contribution is -2.45. The lowest BCUT2D eigenvalue weighted by atomic mass is 10.0. The van der Waals surface area contributed by atoms with Gasteiger partial charge in [0.05, 0.1) is 10.9 Å². The summed E-state index contributed by atoms with van der Waals surface area (Å²) in [5.41, 5.74) is 0.543. The number of benzene rings is 1. The minimum absolute atomic E-state index is 0.00878. The summed E-state index contributed by atoms with van der Waals surface area (Å²) in [4.78, 5) is 31.5. The lowest BCUT2D eigenvalue weighted by Gasteiger charge is -2.33. The first kappa shape index (κ1) is 14.8. The van der Waals surface area contributed by atoms with Crippen LogP contribution in [0.2, 0.25) is 0 Å². The second-order valence-electron chi connectivity index (χ2n) is 6.00. The quantitative estimate of drug-likeness (QED) is 0.853. The van der Waals surface area contributed by atoms with Gasteiger partial charge in [0.2, 0.25) is 5.91 Å². The number of aromatic nitrogens is 2. The Labute approximate surface area is 129 Å². The maximum atomic E-state index is 12.6. The molecule has 1 fully saturated rings. The third-order valence-electron chi connectivity index (χ3n) is 4.47. The van der Waals surface area contributed by atoms with Crippen LogP contribution in [0.3, 0.4) is 0 Å². The Kier molecular flexibility index (Phi) is 3.96. The standard InChI is InChI=1S/C17H21N3O2/c1-12-7-5-6-10-19(12)16(21)11-20-13(2)18-15-9-4-3-8-14(15)17(20)22/h3-4,8-9,12H,5-7,10-11H2,1-2H3/t12-/m0/s1. The molecule has 1 saturated heterocycles. The van der Waals surface area contributed by atoms with Crippen LogP contribution in [0.25, 0.3) is 10.9 Å². The number of nitrogens with zero attached hydrogens (tertiary/aromatic N) is 3. The minimum atomic E-state index is -0.138. The Morgan fingerprint density at radius 3 is 2.86 bits per heavy atom. The summed E-state index contributed by atoms with van der Waals surface area (Å²) in [6.07, 6.45) is 3.25. The molecule has 0 N–H and O–H groups in total. The number of para-hydroxylation sites is 1. The number of carbonyl (C=O) groups is 1. The molecule has 0 aliphatic carbocycles. The zero-order valence-corrected chi connectivity index (χ0v) is 13.1. The molecule has 5 heteroatoms. The van der Waals surface area contributed by atoms with Crippen LogP contribution >= 0.6 is 0 Å². The van der Waals surface area contributed by atoms with Gasteiger partial charge in [-0.05, 0) is 45.2 Å². The number of hydrogen-bond donors (Lipinski definition) is 0. The van der Waals surface area contributed by atoms with Gasteiger partial charge in [0.25, 0.3) is 5.56 Å². The molecule has 2 heterocycles. The Morgan fingerprint density at radius 2 is 2.09 bits per heavy atom. The zero-order valence-electron chi connectivity index (χ0n) is 13.1. The molecule has 1 aromatic carbocycles. The molecular formula is C17H21N3O2. The van der Waals surface area contributed by atoms with Crippen LogP contribution in [0.4, 0.5) is 0 Å². The van der Waals surface area contributed by atoms with E-state index in [1.807, 2.05) is 23.1 Å². The maximum Gasteiger partial charge on any atom is 0.261 e. The van der Waals surface area contributed by atoms with Gasteiger partial charge in [-0.15, -0.1) is 0 Å². The number of likely N-dealkylation sites (tertiary alicyclic amines) is 1. The summed E-state index contributed by atoms with van der Waals surface area (Å²) < 4.78 is 1.49. The fourth-order valence-electron chi connectivity index (χ4n) is 3.16. The van der Waals surface area contributed by atoms with E-state index in [-0.39, 0.29) is 24.1 Å². The van der Waals surface area contributed by atoms with Crippen LogP contribution in [0, 0.1) is 6.92 Å². The molecule has 5 nitrogen and oxygen atoms in total. The van der Waals surface area contributed by atoms with Gasteiger partial charge in [-0.25, -0.2) is 4.98 Å². The molecule has 1 aliphatic rings. The molecule has 22 heavy (non-hydrogen) atoms. The maximum absolute atomic E-state index is 12.6. The topological polar surface area (TPSA) is 55.2 Å². The van der Waals surface area contributed by atoms with Gasteiger partial charge < -0.3 is 4.90 Å². The Hall–Kier alpha value is -2.17. The molecule has 0 saturated carbocycles. The average Bonchev–Trinajstić information content (AvgIpc) is 2.51. The second-order valence-corrected chi connectivity index (χ2v) is 6.00. The summed E-state index contributed by atoms with van der Waals surface area (Å²) in [5, 5.41) is 0.563. The molecule has 0 bridgehead atoms. The highest BCUT2D eigenvalue weighted by Crippen LogP contribution is 2.17. The summed E-state index contributed by atoms with van der Waals surface area (Å²) >= 11 is 0. The zero-order chi connectivity index (χ0) is 15.7. The van der Waals surface area contributed by atoms with Crippen LogP contribution in [-0.2, 0) is 11.3 Å². The largest absolute Gasteiger partial charge is 0.338 e. The fraction of sp³-hybridized carbons (Fsp3) is 0.471. The molecule has 1 aromatic heterocycles. The van der Waals surface area contributed by atoms with E-state index in [2.05, 4.69) is 11.9 Å². The van der Waals surface area contributed by atoms with Crippen LogP contribution < -0.4 is 5.56 Å². The molecular weight excluding hydrogens is 278 g/mol. The van der Waals surface area contributed by atoms with Crippen molar-refractivity contribution in [2.75, 3.05) is 6.54 Å². The number of rotatable bonds is 2. The van der Waals surface area contributed by atoms with Crippen molar-refractivity contribution in [3.05, 3.63) is 40.4 Å². The minimum Gasteiger partial charge on any atom is -0.338 e. The van der Waals surface area contributed by atoms with Crippen molar-refractivity contribution in [1.29, 1.82) is 0 Å². The first-order valence-corrected chi connectivity index (χ1v) is 7.83. The highest BCUT2D eigenvalue weighted by atomic mass is 16.2. The highest BCUT2D eigenvalue weighted by Gasteiger charge is 2.24. The third-order valence-corrected chi connectivity index (χ3v) is 4.47. The fourth-order valence-corrected chi connectivity index (χ4v) is 3.16. The lowest BCUT2D eigenvalue weighted by molar-refractivity contribution is -0.135. The first-order valence-electron chi connectivity index (χ1n) is 7.83. The van der Waals surface area contributed by atoms with Crippen molar-refractivity contribution in [2.24, 2.45) is 0 Å². The van der Waals surface area contributed by atoms with E-state index in [0.29, 0.717) is 16.7 Å². The van der Waals surface area contributed by atoms with Gasteiger partial charge in [-0.1, -0.05) is 12.1 Å². The van der Waals surface area contributed by atoms with E-state index >= 15 is 0 Å². The monoisotopic (exact) mass is 299 g/mol. The van der Waals surface area contributed by atoms with Crippen LogP contribution in [0.1, 0.15) is 32.0 Å². The van der Waals surface area contributed by atoms with Crippen molar-refractivity contribution < 1.29 is 4.79 Å². The third kappa shape index (κ3) is 2.63. The van der Waals surface area contributed by atoms with Gasteiger partial charge >= 0.3 is 0 Å². The SMILES string of the molecule is Cc1nc2ccccc2c(=O)n1CC(=O)N1CCCC[C@@H]1C. The summed E-state index contributed by atoms with van der Waals surface area (Å²) in [6.45, 7) is 4.72. The van der Waals surface area contributed by atoms with Crippen molar-refractivity contribution in [3.8, 4) is 0 Å². The number of carbonyl (C=O) groups excluding carboxylic acids is 1. The van der Waals surface area contributed by atoms with E-state index in [0.717, 1.165) is 19.4 Å². The number of amides is 1. The van der Waals surface area contributed by atoms with E-state index < -0.39 is 0 Å². The molecule has 0 radical (unpaired) electrons. The number of fused-ring (bicyclic) bond motifs is 1. The Bertz CT molecular complexity index is 766. The van der Waals surface area contributed by atoms with E-state index in [1.165, 1.54) is 11.0 Å². The van der Waals surface area contributed by atoms with Crippen LogP contribution in [-0.4, -0.2) is 32.9 Å². The Morgan fingerprint density at radius 1 is 1.32 bits per heavy atom. The number of hydrogen-bond acceptors (Lipinski definition) is 3. The van der Waals surface area contributed by atoms with Crippen LogP contribution in [0.5, 0.6) is 0 Å². The Balaban J connectivity index is 1.93.